The van der Waals surface area contributed by atoms with Gasteiger partial charge in [0.25, 0.3) is 0 Å². The van der Waals surface area contributed by atoms with E-state index in [0.717, 1.165) is 35.7 Å². The summed E-state index contributed by atoms with van der Waals surface area (Å²) in [6.45, 7) is 7.37. The number of aliphatic hydroxyl groups excluding tert-OH is 1. The van der Waals surface area contributed by atoms with Crippen molar-refractivity contribution in [1.82, 2.24) is 15.2 Å². The maximum absolute atomic E-state index is 14.3. The molecule has 0 saturated carbocycles. The van der Waals surface area contributed by atoms with E-state index in [1.54, 1.807) is 30.2 Å². The second-order valence-electron chi connectivity index (χ2n) is 12.1. The topological polar surface area (TPSA) is 109 Å². The van der Waals surface area contributed by atoms with Crippen molar-refractivity contribution >= 4 is 11.8 Å². The summed E-state index contributed by atoms with van der Waals surface area (Å²) in [5, 5.41) is 15.0. The van der Waals surface area contributed by atoms with Gasteiger partial charge in [-0.25, -0.2) is 8.78 Å². The zero-order chi connectivity index (χ0) is 33.3. The number of amides is 2. The van der Waals surface area contributed by atoms with Gasteiger partial charge in [-0.2, -0.15) is 0 Å². The van der Waals surface area contributed by atoms with E-state index in [4.69, 9.17) is 5.73 Å². The van der Waals surface area contributed by atoms with Crippen molar-refractivity contribution in [2.45, 2.75) is 59.1 Å². The van der Waals surface area contributed by atoms with Crippen LogP contribution in [-0.4, -0.2) is 52.5 Å². The van der Waals surface area contributed by atoms with Crippen LogP contribution in [0.3, 0.4) is 0 Å². The normalized spacial score (nSPS) is 17.5. The molecule has 1 aliphatic rings. The Kier molecular flexibility index (Phi) is 12.0. The molecular formula is C37H44F2N4O3. The summed E-state index contributed by atoms with van der Waals surface area (Å²) in [4.78, 5) is 33.4. The first-order valence-corrected chi connectivity index (χ1v) is 15.9. The quantitative estimate of drug-likeness (QED) is 0.199. The molecule has 1 aliphatic carbocycles. The summed E-state index contributed by atoms with van der Waals surface area (Å²) < 4.78 is 28.6. The Hall–Kier alpha value is -4.21. The summed E-state index contributed by atoms with van der Waals surface area (Å²) in [6, 6.07) is 16.7. The SMILES string of the molecule is CCCN(CCC)C(=O)C1=CC(C)=CC(C(N)=O)([C@H](Cc2cc(F)cc(F)c2)[C@@H](O)CNCc2cccc(-c3ccccn3)c2)C1. The molecule has 2 amide bonds. The largest absolute Gasteiger partial charge is 0.391 e. The van der Waals surface area contributed by atoms with Crippen molar-refractivity contribution in [3.8, 4) is 11.3 Å². The first kappa shape index (κ1) is 34.7. The second-order valence-corrected chi connectivity index (χ2v) is 12.1. The van der Waals surface area contributed by atoms with E-state index in [2.05, 4.69) is 10.3 Å². The lowest BCUT2D eigenvalue weighted by molar-refractivity contribution is -0.132. The molecule has 244 valence electrons. The van der Waals surface area contributed by atoms with Crippen LogP contribution in [0, 0.1) is 23.0 Å². The van der Waals surface area contributed by atoms with Gasteiger partial charge in [-0.05, 0) is 74.1 Å². The minimum atomic E-state index is -1.49. The Morgan fingerprint density at radius 3 is 2.37 bits per heavy atom. The van der Waals surface area contributed by atoms with Crippen LogP contribution in [0.4, 0.5) is 8.78 Å². The fraction of sp³-hybridized carbons (Fsp3) is 0.378. The first-order valence-electron chi connectivity index (χ1n) is 15.9. The molecule has 1 aromatic heterocycles. The Morgan fingerprint density at radius 2 is 1.74 bits per heavy atom. The lowest BCUT2D eigenvalue weighted by Crippen LogP contribution is -2.51. The summed E-state index contributed by atoms with van der Waals surface area (Å²) in [5.74, 6) is -3.33. The number of pyridine rings is 1. The minimum absolute atomic E-state index is 0.0337. The molecule has 1 unspecified atom stereocenters. The summed E-state index contributed by atoms with van der Waals surface area (Å²) in [6.07, 6.45) is 5.50. The van der Waals surface area contributed by atoms with Crippen molar-refractivity contribution in [3.63, 3.8) is 0 Å². The van der Waals surface area contributed by atoms with Gasteiger partial charge in [-0.1, -0.05) is 55.8 Å². The van der Waals surface area contributed by atoms with Crippen LogP contribution < -0.4 is 11.1 Å². The average Bonchev–Trinajstić information content (AvgIpc) is 3.03. The van der Waals surface area contributed by atoms with Gasteiger partial charge < -0.3 is 21.1 Å². The number of carbonyl (C=O) groups excluding carboxylic acids is 2. The highest BCUT2D eigenvalue weighted by Crippen LogP contribution is 2.44. The van der Waals surface area contributed by atoms with E-state index in [9.17, 15) is 23.5 Å². The molecule has 1 heterocycles. The third kappa shape index (κ3) is 8.53. The van der Waals surface area contributed by atoms with Crippen molar-refractivity contribution in [3.05, 3.63) is 113 Å². The van der Waals surface area contributed by atoms with Crippen LogP contribution in [0.25, 0.3) is 11.3 Å². The number of benzene rings is 2. The number of allylic oxidation sites excluding steroid dienone is 2. The fourth-order valence-corrected chi connectivity index (χ4v) is 6.44. The molecule has 0 fully saturated rings. The predicted molar refractivity (Wildman–Crippen MR) is 176 cm³/mol. The van der Waals surface area contributed by atoms with Crippen molar-refractivity contribution < 1.29 is 23.5 Å². The number of rotatable bonds is 15. The highest BCUT2D eigenvalue weighted by Gasteiger charge is 2.48. The van der Waals surface area contributed by atoms with Gasteiger partial charge in [0.05, 0.1) is 17.2 Å². The highest BCUT2D eigenvalue weighted by molar-refractivity contribution is 5.97. The van der Waals surface area contributed by atoms with Crippen LogP contribution >= 0.6 is 0 Å². The van der Waals surface area contributed by atoms with Crippen LogP contribution in [0.1, 0.15) is 51.2 Å². The van der Waals surface area contributed by atoms with E-state index in [-0.39, 0.29) is 30.9 Å². The molecule has 46 heavy (non-hydrogen) atoms. The van der Waals surface area contributed by atoms with E-state index in [1.165, 1.54) is 12.1 Å². The third-order valence-corrected chi connectivity index (χ3v) is 8.45. The predicted octanol–water partition coefficient (Wildman–Crippen LogP) is 5.73. The lowest BCUT2D eigenvalue weighted by atomic mass is 9.63. The molecular weight excluding hydrogens is 586 g/mol. The van der Waals surface area contributed by atoms with Gasteiger partial charge in [0.15, 0.2) is 0 Å². The van der Waals surface area contributed by atoms with E-state index >= 15 is 0 Å². The molecule has 7 nitrogen and oxygen atoms in total. The Balaban J connectivity index is 1.63. The van der Waals surface area contributed by atoms with Gasteiger partial charge in [0.2, 0.25) is 11.8 Å². The Bertz CT molecular complexity index is 1550. The summed E-state index contributed by atoms with van der Waals surface area (Å²) in [5.41, 5.74) is 8.75. The number of aromatic nitrogens is 1. The molecule has 0 bridgehead atoms. The molecule has 4 rings (SSSR count). The van der Waals surface area contributed by atoms with Crippen LogP contribution in [-0.2, 0) is 22.6 Å². The van der Waals surface area contributed by atoms with Crippen LogP contribution in [0.5, 0.6) is 0 Å². The molecule has 9 heteroatoms. The van der Waals surface area contributed by atoms with Crippen LogP contribution in [0.15, 0.2) is 90.2 Å². The second kappa shape index (κ2) is 15.9. The molecule has 3 aromatic rings. The van der Waals surface area contributed by atoms with Gasteiger partial charge in [0, 0.05) is 55.5 Å². The third-order valence-electron chi connectivity index (χ3n) is 8.45. The van der Waals surface area contributed by atoms with E-state index in [0.29, 0.717) is 30.8 Å². The number of hydrogen-bond acceptors (Lipinski definition) is 5. The molecule has 2 aromatic carbocycles. The monoisotopic (exact) mass is 630 g/mol. The number of nitrogens with two attached hydrogens (primary N) is 1. The molecule has 0 saturated heterocycles. The van der Waals surface area contributed by atoms with Crippen molar-refractivity contribution in [1.29, 1.82) is 0 Å². The summed E-state index contributed by atoms with van der Waals surface area (Å²) >= 11 is 0. The number of hydrogen-bond donors (Lipinski definition) is 3. The molecule has 0 spiro atoms. The smallest absolute Gasteiger partial charge is 0.249 e. The number of nitrogens with one attached hydrogen (secondary N) is 1. The van der Waals surface area contributed by atoms with Crippen molar-refractivity contribution in [2.75, 3.05) is 19.6 Å². The number of nitrogens with zero attached hydrogens (tertiary/aromatic N) is 2. The van der Waals surface area contributed by atoms with Gasteiger partial charge in [-0.3, -0.25) is 14.6 Å². The Labute approximate surface area is 270 Å². The highest BCUT2D eigenvalue weighted by atomic mass is 19.1. The molecule has 3 atom stereocenters. The maximum Gasteiger partial charge on any atom is 0.249 e. The standard InChI is InChI=1S/C37H44F2N4O3/c1-4-13-43(14-5-2)35(45)29-15-25(3)21-37(22-29,36(40)46)32(19-27-17-30(38)20-31(39)18-27)34(44)24-41-23-26-9-8-10-28(16-26)33-11-6-7-12-42-33/h6-12,15-18,20-21,32,34,41,44H,4-5,13-14,19,22-24H2,1-3H3,(H2,40,46)/t32-,34+,37?/m1/s1. The zero-order valence-corrected chi connectivity index (χ0v) is 26.8. The first-order chi connectivity index (χ1) is 22.1. The van der Waals surface area contributed by atoms with Gasteiger partial charge in [0.1, 0.15) is 11.6 Å². The van der Waals surface area contributed by atoms with Gasteiger partial charge >= 0.3 is 0 Å². The average molecular weight is 631 g/mol. The molecule has 0 aliphatic heterocycles. The van der Waals surface area contributed by atoms with E-state index < -0.39 is 35.0 Å². The number of halogens is 2. The molecule has 4 N–H and O–H groups in total. The maximum atomic E-state index is 14.3. The summed E-state index contributed by atoms with van der Waals surface area (Å²) in [7, 11) is 0. The Morgan fingerprint density at radius 1 is 1.02 bits per heavy atom. The van der Waals surface area contributed by atoms with E-state index in [1.807, 2.05) is 56.3 Å². The zero-order valence-electron chi connectivity index (χ0n) is 26.8. The number of primary amides is 1. The lowest BCUT2D eigenvalue weighted by Gasteiger charge is -2.42. The van der Waals surface area contributed by atoms with Crippen LogP contribution in [0.2, 0.25) is 0 Å². The minimum Gasteiger partial charge on any atom is -0.391 e. The fourth-order valence-electron chi connectivity index (χ4n) is 6.44. The van der Waals surface area contributed by atoms with Gasteiger partial charge in [-0.15, -0.1) is 0 Å². The number of carbonyl (C=O) groups is 2. The molecule has 0 radical (unpaired) electrons. The number of aliphatic hydroxyl groups is 1. The van der Waals surface area contributed by atoms with Crippen molar-refractivity contribution in [2.24, 2.45) is 17.1 Å².